The summed E-state index contributed by atoms with van der Waals surface area (Å²) in [6.45, 7) is 16.7. The van der Waals surface area contributed by atoms with Gasteiger partial charge in [0.05, 0.1) is 66.1 Å². The molecule has 37 heavy (non-hydrogen) atoms. The zero-order chi connectivity index (χ0) is 25.2. The van der Waals surface area contributed by atoms with Crippen molar-refractivity contribution >= 4 is 0 Å². The Morgan fingerprint density at radius 2 is 1.03 bits per heavy atom. The van der Waals surface area contributed by atoms with Crippen molar-refractivity contribution in [2.45, 2.75) is 105 Å². The number of rotatable bonds is 17. The maximum Gasteiger partial charge on any atom is 0.104 e. The van der Waals surface area contributed by atoms with E-state index in [1.165, 1.54) is 38.5 Å². The smallest absolute Gasteiger partial charge is 0.104 e. The minimum absolute atomic E-state index is 0. The van der Waals surface area contributed by atoms with Gasteiger partial charge in [0.1, 0.15) is 24.4 Å². The first-order chi connectivity index (χ1) is 17.0. The summed E-state index contributed by atoms with van der Waals surface area (Å²) >= 11 is 0. The van der Waals surface area contributed by atoms with Crippen molar-refractivity contribution in [3.8, 4) is 0 Å². The van der Waals surface area contributed by atoms with Crippen molar-refractivity contribution in [3.63, 3.8) is 0 Å². The fourth-order valence-corrected chi connectivity index (χ4v) is 3.41. The van der Waals surface area contributed by atoms with Crippen LogP contribution < -0.4 is 0 Å². The first-order valence-electron chi connectivity index (χ1n) is 13.8. The van der Waals surface area contributed by atoms with Gasteiger partial charge in [0, 0.05) is 18.6 Å². The molecule has 0 spiro atoms. The van der Waals surface area contributed by atoms with Crippen molar-refractivity contribution in [1.82, 2.24) is 0 Å². The lowest BCUT2D eigenvalue weighted by Crippen LogP contribution is -2.32. The molecule has 3 aliphatic heterocycles. The lowest BCUT2D eigenvalue weighted by atomic mass is 9.96. The van der Waals surface area contributed by atoms with Crippen molar-refractivity contribution in [1.29, 1.82) is 0 Å². The van der Waals surface area contributed by atoms with Crippen molar-refractivity contribution < 1.29 is 37.9 Å². The van der Waals surface area contributed by atoms with Crippen LogP contribution in [0.15, 0.2) is 0 Å². The highest BCUT2D eigenvalue weighted by molar-refractivity contribution is 4.72. The van der Waals surface area contributed by atoms with Gasteiger partial charge in [-0.3, -0.25) is 0 Å². The molecule has 8 heteroatoms. The zero-order valence-electron chi connectivity index (χ0n) is 22.8. The van der Waals surface area contributed by atoms with Gasteiger partial charge in [0.2, 0.25) is 0 Å². The number of ether oxygens (including phenoxy) is 8. The third-order valence-corrected chi connectivity index (χ3v) is 5.83. The van der Waals surface area contributed by atoms with Crippen LogP contribution in [0.25, 0.3) is 0 Å². The summed E-state index contributed by atoms with van der Waals surface area (Å²) in [7, 11) is 0. The van der Waals surface area contributed by atoms with Crippen molar-refractivity contribution in [2.75, 3.05) is 79.3 Å². The minimum Gasteiger partial charge on any atom is -0.379 e. The highest BCUT2D eigenvalue weighted by Crippen LogP contribution is 2.19. The molecular formula is C29H60O8. The number of hydrogen-bond acceptors (Lipinski definition) is 8. The molecule has 0 aromatic carbocycles. The molecule has 0 aromatic rings. The quantitative estimate of drug-likeness (QED) is 0.232. The second-order valence-corrected chi connectivity index (χ2v) is 10.5. The highest BCUT2D eigenvalue weighted by Gasteiger charge is 2.27. The van der Waals surface area contributed by atoms with Gasteiger partial charge in [-0.15, -0.1) is 0 Å². The van der Waals surface area contributed by atoms with Gasteiger partial charge < -0.3 is 37.9 Å². The molecule has 1 saturated carbocycles. The Kier molecular flexibility index (Phi) is 22.3. The zero-order valence-corrected chi connectivity index (χ0v) is 22.8. The summed E-state index contributed by atoms with van der Waals surface area (Å²) in [5, 5.41) is 0. The summed E-state index contributed by atoms with van der Waals surface area (Å²) in [6.07, 6.45) is 9.96. The average Bonchev–Trinajstić information content (AvgIpc) is 3.71. The van der Waals surface area contributed by atoms with E-state index >= 15 is 0 Å². The van der Waals surface area contributed by atoms with Crippen molar-refractivity contribution in [3.05, 3.63) is 0 Å². The lowest BCUT2D eigenvalue weighted by Gasteiger charge is -2.25. The highest BCUT2D eigenvalue weighted by atomic mass is 16.6. The van der Waals surface area contributed by atoms with Crippen LogP contribution in [0.2, 0.25) is 0 Å². The van der Waals surface area contributed by atoms with Crippen LogP contribution in [-0.4, -0.2) is 104 Å². The monoisotopic (exact) mass is 536 g/mol. The number of epoxide rings is 3. The van der Waals surface area contributed by atoms with E-state index in [1.807, 2.05) is 13.8 Å². The SMILES string of the molecule is C.C.C1CCCCC1.CCOCC(COCC(C)(C)COCC1CO1)OCC1CO1.CCOCC1CO1. The molecule has 4 unspecified atom stereocenters. The maximum absolute atomic E-state index is 5.83. The fourth-order valence-electron chi connectivity index (χ4n) is 3.41. The standard InChI is InChI=1S/C16H30O6.C6H12.C5H10O2.2CH4/c1-4-17-5-13(20-9-15-10-22-15)6-18-11-16(2,3)12-19-7-14-8-21-14;1-2-4-6-5-3-1;1-2-6-3-5-4-7-5;;/h13-15H,4-12H2,1-3H3;1-6H2;5H,2-4H2,1H3;2*1H4. The van der Waals surface area contributed by atoms with Gasteiger partial charge in [0.15, 0.2) is 0 Å². The molecule has 4 aliphatic rings. The second-order valence-electron chi connectivity index (χ2n) is 10.5. The molecule has 0 N–H and O–H groups in total. The van der Waals surface area contributed by atoms with Gasteiger partial charge in [-0.2, -0.15) is 0 Å². The molecule has 8 nitrogen and oxygen atoms in total. The summed E-state index contributed by atoms with van der Waals surface area (Å²) in [5.74, 6) is 0. The lowest BCUT2D eigenvalue weighted by molar-refractivity contribution is -0.0801. The normalized spacial score (nSPS) is 24.2. The van der Waals surface area contributed by atoms with Gasteiger partial charge in [0.25, 0.3) is 0 Å². The van der Waals surface area contributed by atoms with Crippen LogP contribution in [0, 0.1) is 5.41 Å². The molecule has 3 heterocycles. The Morgan fingerprint density at radius 1 is 0.622 bits per heavy atom. The Balaban J connectivity index is 0.000000706. The Morgan fingerprint density at radius 3 is 1.49 bits per heavy atom. The molecule has 4 fully saturated rings. The molecule has 0 radical (unpaired) electrons. The van der Waals surface area contributed by atoms with E-state index in [9.17, 15) is 0 Å². The van der Waals surface area contributed by atoms with E-state index in [0.717, 1.165) is 33.0 Å². The summed E-state index contributed by atoms with van der Waals surface area (Å²) in [5.41, 5.74) is -0.0232. The first-order valence-corrected chi connectivity index (χ1v) is 13.8. The van der Waals surface area contributed by atoms with Gasteiger partial charge in [-0.1, -0.05) is 67.2 Å². The number of hydrogen-bond donors (Lipinski definition) is 0. The Bertz CT molecular complexity index is 477. The topological polar surface area (TPSA) is 83.7 Å². The third kappa shape index (κ3) is 23.3. The van der Waals surface area contributed by atoms with Gasteiger partial charge >= 0.3 is 0 Å². The van der Waals surface area contributed by atoms with E-state index in [1.54, 1.807) is 0 Å². The molecule has 3 saturated heterocycles. The third-order valence-electron chi connectivity index (χ3n) is 5.83. The maximum atomic E-state index is 5.83. The van der Waals surface area contributed by atoms with Crippen LogP contribution in [-0.2, 0) is 37.9 Å². The van der Waals surface area contributed by atoms with Gasteiger partial charge in [-0.05, 0) is 13.8 Å². The molecule has 1 aliphatic carbocycles. The molecule has 224 valence electrons. The molecule has 4 atom stereocenters. The minimum atomic E-state index is -0.0410. The molecule has 4 rings (SSSR count). The van der Waals surface area contributed by atoms with E-state index in [4.69, 9.17) is 37.9 Å². The van der Waals surface area contributed by atoms with Crippen LogP contribution in [0.5, 0.6) is 0 Å². The molecular weight excluding hydrogens is 476 g/mol. The van der Waals surface area contributed by atoms with Gasteiger partial charge in [-0.25, -0.2) is 0 Å². The predicted octanol–water partition coefficient (Wildman–Crippen LogP) is 5.30. The fraction of sp³-hybridized carbons (Fsp3) is 1.00. The van der Waals surface area contributed by atoms with E-state index < -0.39 is 0 Å². The molecule has 0 amide bonds. The van der Waals surface area contributed by atoms with Crippen LogP contribution in [0.1, 0.15) is 81.1 Å². The summed E-state index contributed by atoms with van der Waals surface area (Å²) < 4.78 is 42.9. The van der Waals surface area contributed by atoms with Crippen LogP contribution in [0.3, 0.4) is 0 Å². The average molecular weight is 537 g/mol. The van der Waals surface area contributed by atoms with E-state index in [2.05, 4.69) is 13.8 Å². The van der Waals surface area contributed by atoms with Crippen LogP contribution >= 0.6 is 0 Å². The van der Waals surface area contributed by atoms with Crippen LogP contribution in [0.4, 0.5) is 0 Å². The van der Waals surface area contributed by atoms with E-state index in [0.29, 0.717) is 58.5 Å². The summed E-state index contributed by atoms with van der Waals surface area (Å²) in [6, 6.07) is 0. The first kappa shape index (κ1) is 36.7. The second kappa shape index (κ2) is 22.5. The Labute approximate surface area is 228 Å². The summed E-state index contributed by atoms with van der Waals surface area (Å²) in [4.78, 5) is 0. The van der Waals surface area contributed by atoms with E-state index in [-0.39, 0.29) is 32.5 Å². The Hall–Kier alpha value is -0.320. The molecule has 0 aromatic heterocycles. The molecule has 0 bridgehead atoms. The largest absolute Gasteiger partial charge is 0.379 e. The van der Waals surface area contributed by atoms with Crippen molar-refractivity contribution in [2.24, 2.45) is 5.41 Å². The predicted molar refractivity (Wildman–Crippen MR) is 149 cm³/mol.